The molecule has 1 aromatic heterocycles. The Kier molecular flexibility index (Phi) is 4.60. The minimum Gasteiger partial charge on any atom is -0.301 e. The fourth-order valence-corrected chi connectivity index (χ4v) is 3.94. The predicted octanol–water partition coefficient (Wildman–Crippen LogP) is 1.57. The first-order valence-electron chi connectivity index (χ1n) is 9.32. The van der Waals surface area contributed by atoms with Gasteiger partial charge in [0.2, 0.25) is 0 Å². The van der Waals surface area contributed by atoms with E-state index in [1.807, 2.05) is 6.20 Å². The minimum absolute atomic E-state index is 0.633. The topological polar surface area (TPSA) is 35.5 Å². The minimum atomic E-state index is 0.633. The Hall–Kier alpha value is -1.04. The molecule has 23 heavy (non-hydrogen) atoms. The normalized spacial score (nSPS) is 25.3. The molecule has 126 valence electrons. The van der Waals surface area contributed by atoms with E-state index < -0.39 is 0 Å². The van der Waals surface area contributed by atoms with Crippen LogP contribution in [0.5, 0.6) is 0 Å². The molecule has 3 heterocycles. The maximum Gasteiger partial charge on any atom is 0.131 e. The number of nitrogens with zero attached hydrogens (tertiary/aromatic N) is 5. The lowest BCUT2D eigenvalue weighted by atomic mass is 9.85. The Morgan fingerprint density at radius 2 is 1.87 bits per heavy atom. The van der Waals surface area contributed by atoms with Crippen LogP contribution in [0.25, 0.3) is 0 Å². The van der Waals surface area contributed by atoms with Crippen molar-refractivity contribution in [3.05, 3.63) is 23.8 Å². The fourth-order valence-electron chi connectivity index (χ4n) is 3.94. The molecule has 2 aliphatic heterocycles. The average Bonchev–Trinajstić information content (AvgIpc) is 2.49. The van der Waals surface area contributed by atoms with Gasteiger partial charge in [0.15, 0.2) is 0 Å². The van der Waals surface area contributed by atoms with Gasteiger partial charge < -0.3 is 4.90 Å². The zero-order valence-corrected chi connectivity index (χ0v) is 14.3. The van der Waals surface area contributed by atoms with Crippen LogP contribution in [-0.2, 0) is 6.54 Å². The van der Waals surface area contributed by atoms with Gasteiger partial charge in [-0.2, -0.15) is 0 Å². The molecule has 2 saturated heterocycles. The highest BCUT2D eigenvalue weighted by atomic mass is 15.3. The molecule has 0 bridgehead atoms. The van der Waals surface area contributed by atoms with Crippen molar-refractivity contribution in [3.63, 3.8) is 0 Å². The number of rotatable bonds is 5. The Labute approximate surface area is 139 Å². The molecule has 1 saturated carbocycles. The molecule has 0 N–H and O–H groups in total. The molecule has 5 nitrogen and oxygen atoms in total. The Morgan fingerprint density at radius 3 is 2.52 bits per heavy atom. The summed E-state index contributed by atoms with van der Waals surface area (Å²) in [6.07, 6.45) is 5.85. The summed E-state index contributed by atoms with van der Waals surface area (Å²) in [5.41, 5.74) is 1.20. The van der Waals surface area contributed by atoms with E-state index in [9.17, 15) is 0 Å². The first kappa shape index (κ1) is 15.5. The monoisotopic (exact) mass is 315 g/mol. The first-order valence-corrected chi connectivity index (χ1v) is 9.32. The smallest absolute Gasteiger partial charge is 0.131 e. The van der Waals surface area contributed by atoms with E-state index in [0.717, 1.165) is 18.4 Å². The number of aromatic nitrogens is 2. The zero-order chi connectivity index (χ0) is 15.6. The molecule has 0 spiro atoms. The molecule has 5 heteroatoms. The van der Waals surface area contributed by atoms with Crippen LogP contribution in [0.15, 0.2) is 12.3 Å². The Morgan fingerprint density at radius 1 is 1.09 bits per heavy atom. The second kappa shape index (κ2) is 6.83. The van der Waals surface area contributed by atoms with Crippen molar-refractivity contribution in [3.8, 4) is 0 Å². The third-order valence-electron chi connectivity index (χ3n) is 5.90. The molecule has 1 aromatic rings. The number of hydrogen-bond acceptors (Lipinski definition) is 5. The number of piperazine rings is 1. The van der Waals surface area contributed by atoms with Gasteiger partial charge in [0, 0.05) is 64.0 Å². The van der Waals surface area contributed by atoms with Gasteiger partial charge in [0.1, 0.15) is 5.82 Å². The third-order valence-corrected chi connectivity index (χ3v) is 5.90. The molecular weight excluding hydrogens is 286 g/mol. The molecule has 3 fully saturated rings. The predicted molar refractivity (Wildman–Crippen MR) is 91.4 cm³/mol. The van der Waals surface area contributed by atoms with Crippen molar-refractivity contribution in [2.45, 2.75) is 44.7 Å². The van der Waals surface area contributed by atoms with Gasteiger partial charge in [-0.3, -0.25) is 9.80 Å². The maximum absolute atomic E-state index is 4.80. The van der Waals surface area contributed by atoms with Gasteiger partial charge in [0.25, 0.3) is 0 Å². The summed E-state index contributed by atoms with van der Waals surface area (Å²) < 4.78 is 0. The summed E-state index contributed by atoms with van der Waals surface area (Å²) in [5.74, 6) is 1.72. The highest BCUT2D eigenvalue weighted by molar-refractivity contribution is 5.08. The molecule has 0 radical (unpaired) electrons. The van der Waals surface area contributed by atoms with Crippen molar-refractivity contribution >= 4 is 0 Å². The van der Waals surface area contributed by atoms with E-state index in [1.54, 1.807) is 0 Å². The van der Waals surface area contributed by atoms with Crippen molar-refractivity contribution in [2.75, 3.05) is 45.8 Å². The lowest BCUT2D eigenvalue weighted by Crippen LogP contribution is -2.62. The molecular formula is C18H29N5. The second-order valence-electron chi connectivity index (χ2n) is 7.35. The van der Waals surface area contributed by atoms with E-state index in [0.29, 0.717) is 5.92 Å². The van der Waals surface area contributed by atoms with Crippen LogP contribution in [0.1, 0.15) is 43.6 Å². The summed E-state index contributed by atoms with van der Waals surface area (Å²) in [7, 11) is 0. The van der Waals surface area contributed by atoms with Crippen molar-refractivity contribution in [2.24, 2.45) is 0 Å². The van der Waals surface area contributed by atoms with E-state index in [-0.39, 0.29) is 0 Å². The van der Waals surface area contributed by atoms with Crippen LogP contribution < -0.4 is 0 Å². The van der Waals surface area contributed by atoms with E-state index >= 15 is 0 Å². The molecule has 1 aliphatic carbocycles. The third kappa shape index (κ3) is 3.42. The van der Waals surface area contributed by atoms with Gasteiger partial charge >= 0.3 is 0 Å². The first-order chi connectivity index (χ1) is 11.3. The summed E-state index contributed by atoms with van der Waals surface area (Å²) in [6.45, 7) is 11.8. The molecule has 0 atom stereocenters. The highest BCUT2D eigenvalue weighted by Gasteiger charge is 2.33. The summed E-state index contributed by atoms with van der Waals surface area (Å²) in [4.78, 5) is 17.0. The van der Waals surface area contributed by atoms with Crippen LogP contribution in [0.4, 0.5) is 0 Å². The lowest BCUT2D eigenvalue weighted by molar-refractivity contribution is 0.00152. The number of hydrogen-bond donors (Lipinski definition) is 0. The molecule has 0 aromatic carbocycles. The standard InChI is InChI=1S/C18H29N5/c1-2-21-8-10-23(11-9-21)17-13-22(14-17)12-16-6-7-19-18(20-16)15-4-3-5-15/h6-7,15,17H,2-5,8-14H2,1H3. The lowest BCUT2D eigenvalue weighted by Gasteiger charge is -2.48. The van der Waals surface area contributed by atoms with Crippen LogP contribution in [0.2, 0.25) is 0 Å². The summed E-state index contributed by atoms with van der Waals surface area (Å²) in [5, 5.41) is 0. The quantitative estimate of drug-likeness (QED) is 0.824. The van der Waals surface area contributed by atoms with Crippen molar-refractivity contribution in [1.82, 2.24) is 24.7 Å². The van der Waals surface area contributed by atoms with Crippen LogP contribution >= 0.6 is 0 Å². The van der Waals surface area contributed by atoms with Gasteiger partial charge in [-0.25, -0.2) is 9.97 Å². The van der Waals surface area contributed by atoms with Crippen LogP contribution in [0, 0.1) is 0 Å². The molecule has 0 unspecified atom stereocenters. The number of likely N-dealkylation sites (N-methyl/N-ethyl adjacent to an activating group) is 1. The number of likely N-dealkylation sites (tertiary alicyclic amines) is 1. The van der Waals surface area contributed by atoms with Crippen LogP contribution in [-0.4, -0.2) is 76.5 Å². The Balaban J connectivity index is 1.25. The van der Waals surface area contributed by atoms with Gasteiger partial charge in [0.05, 0.1) is 5.69 Å². The highest BCUT2D eigenvalue weighted by Crippen LogP contribution is 2.34. The van der Waals surface area contributed by atoms with Gasteiger partial charge in [-0.05, 0) is 25.5 Å². The largest absolute Gasteiger partial charge is 0.301 e. The van der Waals surface area contributed by atoms with Gasteiger partial charge in [-0.15, -0.1) is 0 Å². The van der Waals surface area contributed by atoms with Gasteiger partial charge in [-0.1, -0.05) is 13.3 Å². The molecule has 3 aliphatic rings. The molecule has 4 rings (SSSR count). The van der Waals surface area contributed by atoms with E-state index in [4.69, 9.17) is 4.98 Å². The van der Waals surface area contributed by atoms with Crippen molar-refractivity contribution in [1.29, 1.82) is 0 Å². The van der Waals surface area contributed by atoms with Crippen molar-refractivity contribution < 1.29 is 0 Å². The van der Waals surface area contributed by atoms with E-state index in [1.165, 1.54) is 70.8 Å². The second-order valence-corrected chi connectivity index (χ2v) is 7.35. The SMILES string of the molecule is CCN1CCN(C2CN(Cc3ccnc(C4CCC4)n3)C2)CC1. The fraction of sp³-hybridized carbons (Fsp3) is 0.778. The maximum atomic E-state index is 4.80. The summed E-state index contributed by atoms with van der Waals surface area (Å²) in [6, 6.07) is 2.86. The zero-order valence-electron chi connectivity index (χ0n) is 14.3. The Bertz CT molecular complexity index is 516. The average molecular weight is 315 g/mol. The van der Waals surface area contributed by atoms with E-state index in [2.05, 4.69) is 32.7 Å². The van der Waals surface area contributed by atoms with Crippen LogP contribution in [0.3, 0.4) is 0 Å². The molecule has 0 amide bonds. The summed E-state index contributed by atoms with van der Waals surface area (Å²) >= 11 is 0.